The van der Waals surface area contributed by atoms with E-state index in [1.807, 2.05) is 13.8 Å². The lowest BCUT2D eigenvalue weighted by Gasteiger charge is -2.26. The van der Waals surface area contributed by atoms with Gasteiger partial charge >= 0.3 is 6.36 Å². The number of halogens is 3. The Kier molecular flexibility index (Phi) is 7.85. The van der Waals surface area contributed by atoms with Crippen LogP contribution in [-0.4, -0.2) is 36.9 Å². The first kappa shape index (κ1) is 27.6. The standard InChI is InChI=1S/C29H26F3NO6/c1-17(2)16-38-22-11-5-8-19(14-22)26(34)24-25(18-7-4-10-21(13-18)37-3)33(28(36)27(24)35)20-9-6-12-23(15-20)39-29(30,31)32/h4-15,17,25,34H,16H2,1-3H3/b26-24+. The van der Waals surface area contributed by atoms with Gasteiger partial charge in [-0.3, -0.25) is 14.5 Å². The number of benzene rings is 3. The molecule has 1 unspecified atom stereocenters. The van der Waals surface area contributed by atoms with Crippen LogP contribution in [0.3, 0.4) is 0 Å². The van der Waals surface area contributed by atoms with E-state index in [2.05, 4.69) is 4.74 Å². The maximum atomic E-state index is 13.4. The van der Waals surface area contributed by atoms with E-state index in [0.29, 0.717) is 23.7 Å². The molecule has 3 aromatic rings. The van der Waals surface area contributed by atoms with E-state index >= 15 is 0 Å². The number of amides is 1. The number of hydrogen-bond acceptors (Lipinski definition) is 6. The van der Waals surface area contributed by atoms with Gasteiger partial charge in [-0.15, -0.1) is 13.2 Å². The molecule has 1 saturated heterocycles. The summed E-state index contributed by atoms with van der Waals surface area (Å²) in [5.41, 5.74) is 0.358. The fourth-order valence-corrected chi connectivity index (χ4v) is 4.21. The van der Waals surface area contributed by atoms with E-state index in [9.17, 15) is 27.9 Å². The van der Waals surface area contributed by atoms with Gasteiger partial charge in [0.15, 0.2) is 0 Å². The van der Waals surface area contributed by atoms with Gasteiger partial charge < -0.3 is 19.3 Å². The van der Waals surface area contributed by atoms with Gasteiger partial charge in [0.1, 0.15) is 23.0 Å². The Hall–Kier alpha value is -4.47. The van der Waals surface area contributed by atoms with Crippen LogP contribution in [0.4, 0.5) is 18.9 Å². The monoisotopic (exact) mass is 541 g/mol. The Morgan fingerprint density at radius 2 is 1.62 bits per heavy atom. The largest absolute Gasteiger partial charge is 0.573 e. The van der Waals surface area contributed by atoms with Crippen LogP contribution >= 0.6 is 0 Å². The number of methoxy groups -OCH3 is 1. The lowest BCUT2D eigenvalue weighted by atomic mass is 9.95. The Morgan fingerprint density at radius 3 is 2.31 bits per heavy atom. The highest BCUT2D eigenvalue weighted by molar-refractivity contribution is 6.51. The molecular formula is C29H26F3NO6. The van der Waals surface area contributed by atoms with Crippen LogP contribution in [0, 0.1) is 5.92 Å². The normalized spacial score (nSPS) is 17.0. The van der Waals surface area contributed by atoms with Crippen LogP contribution in [0.15, 0.2) is 78.4 Å². The molecule has 204 valence electrons. The second-order valence-corrected chi connectivity index (χ2v) is 9.22. The summed E-state index contributed by atoms with van der Waals surface area (Å²) in [7, 11) is 1.44. The number of ketones is 1. The first-order valence-corrected chi connectivity index (χ1v) is 12.0. The molecule has 1 aliphatic rings. The predicted molar refractivity (Wildman–Crippen MR) is 138 cm³/mol. The summed E-state index contributed by atoms with van der Waals surface area (Å²) in [5, 5.41) is 11.4. The Morgan fingerprint density at radius 1 is 0.949 bits per heavy atom. The molecule has 1 amide bonds. The van der Waals surface area contributed by atoms with E-state index in [1.165, 1.54) is 19.2 Å². The summed E-state index contributed by atoms with van der Waals surface area (Å²) in [6, 6.07) is 16.5. The van der Waals surface area contributed by atoms with Gasteiger partial charge in [0.2, 0.25) is 0 Å². The van der Waals surface area contributed by atoms with Gasteiger partial charge in [-0.2, -0.15) is 0 Å². The highest BCUT2D eigenvalue weighted by Gasteiger charge is 2.47. The molecule has 1 heterocycles. The molecule has 0 aliphatic carbocycles. The number of alkyl halides is 3. The topological polar surface area (TPSA) is 85.3 Å². The van der Waals surface area contributed by atoms with Crippen LogP contribution in [0.2, 0.25) is 0 Å². The highest BCUT2D eigenvalue weighted by atomic mass is 19.4. The highest BCUT2D eigenvalue weighted by Crippen LogP contribution is 2.44. The van der Waals surface area contributed by atoms with E-state index < -0.39 is 35.6 Å². The van der Waals surface area contributed by atoms with Crippen molar-refractivity contribution in [2.45, 2.75) is 26.3 Å². The number of carbonyl (C=O) groups excluding carboxylic acids is 2. The second kappa shape index (κ2) is 11.1. The van der Waals surface area contributed by atoms with Gasteiger partial charge in [-0.05, 0) is 47.9 Å². The van der Waals surface area contributed by atoms with E-state index in [1.54, 1.807) is 48.5 Å². The minimum atomic E-state index is -4.96. The van der Waals surface area contributed by atoms with E-state index in [4.69, 9.17) is 9.47 Å². The zero-order valence-electron chi connectivity index (χ0n) is 21.4. The van der Waals surface area contributed by atoms with Gasteiger partial charge in [0, 0.05) is 17.3 Å². The molecule has 7 nitrogen and oxygen atoms in total. The quantitative estimate of drug-likeness (QED) is 0.206. The number of carbonyl (C=O) groups is 2. The van der Waals surface area contributed by atoms with Gasteiger partial charge in [-0.1, -0.05) is 44.2 Å². The number of Topliss-reactive ketones (excluding diaryl/α,β-unsaturated/α-hetero) is 1. The molecule has 1 aliphatic heterocycles. The number of rotatable bonds is 8. The molecule has 39 heavy (non-hydrogen) atoms. The average Bonchev–Trinajstić information content (AvgIpc) is 3.16. The van der Waals surface area contributed by atoms with Crippen molar-refractivity contribution in [1.29, 1.82) is 0 Å². The zero-order valence-corrected chi connectivity index (χ0v) is 21.4. The third-order valence-electron chi connectivity index (χ3n) is 5.87. The zero-order chi connectivity index (χ0) is 28.3. The first-order chi connectivity index (χ1) is 18.5. The minimum Gasteiger partial charge on any atom is -0.507 e. The molecule has 0 spiro atoms. The van der Waals surface area contributed by atoms with Crippen LogP contribution in [0.25, 0.3) is 5.76 Å². The SMILES string of the molecule is COc1cccc(C2/C(=C(\O)c3cccc(OCC(C)C)c3)C(=O)C(=O)N2c2cccc(OC(F)(F)F)c2)c1. The van der Waals surface area contributed by atoms with Crippen molar-refractivity contribution in [3.8, 4) is 17.2 Å². The lowest BCUT2D eigenvalue weighted by molar-refractivity contribution is -0.274. The Bertz CT molecular complexity index is 1420. The molecule has 0 radical (unpaired) electrons. The smallest absolute Gasteiger partial charge is 0.507 e. The summed E-state index contributed by atoms with van der Waals surface area (Å²) in [6.45, 7) is 4.39. The molecular weight excluding hydrogens is 515 g/mol. The number of aliphatic hydroxyl groups excluding tert-OH is 1. The fraction of sp³-hybridized carbons (Fsp3) is 0.241. The van der Waals surface area contributed by atoms with Crippen molar-refractivity contribution in [2.75, 3.05) is 18.6 Å². The van der Waals surface area contributed by atoms with Crippen molar-refractivity contribution in [3.63, 3.8) is 0 Å². The van der Waals surface area contributed by atoms with Gasteiger partial charge in [0.05, 0.1) is 25.3 Å². The van der Waals surface area contributed by atoms with Crippen molar-refractivity contribution in [1.82, 2.24) is 0 Å². The van der Waals surface area contributed by atoms with Crippen LogP contribution in [-0.2, 0) is 9.59 Å². The van der Waals surface area contributed by atoms with Crippen LogP contribution < -0.4 is 19.1 Å². The molecule has 1 atom stereocenters. The summed E-state index contributed by atoms with van der Waals surface area (Å²) < 4.78 is 53.7. The minimum absolute atomic E-state index is 0.0280. The van der Waals surface area contributed by atoms with Crippen LogP contribution in [0.5, 0.6) is 17.2 Å². The molecule has 0 saturated carbocycles. The first-order valence-electron chi connectivity index (χ1n) is 12.0. The Balaban J connectivity index is 1.87. The van der Waals surface area contributed by atoms with Crippen LogP contribution in [0.1, 0.15) is 31.0 Å². The molecule has 0 bridgehead atoms. The molecule has 10 heteroatoms. The summed E-state index contributed by atoms with van der Waals surface area (Å²) in [5.74, 6) is -1.94. The maximum Gasteiger partial charge on any atom is 0.573 e. The van der Waals surface area contributed by atoms with E-state index in [0.717, 1.165) is 17.0 Å². The third-order valence-corrected chi connectivity index (χ3v) is 5.87. The summed E-state index contributed by atoms with van der Waals surface area (Å²) in [4.78, 5) is 27.7. The fourth-order valence-electron chi connectivity index (χ4n) is 4.21. The average molecular weight is 542 g/mol. The van der Waals surface area contributed by atoms with Crippen molar-refractivity contribution >= 4 is 23.1 Å². The number of anilines is 1. The number of hydrogen-bond donors (Lipinski definition) is 1. The molecule has 4 rings (SSSR count). The molecule has 1 fully saturated rings. The lowest BCUT2D eigenvalue weighted by Crippen LogP contribution is -2.29. The maximum absolute atomic E-state index is 13.4. The molecule has 0 aromatic heterocycles. The van der Waals surface area contributed by atoms with Gasteiger partial charge in [-0.25, -0.2) is 0 Å². The predicted octanol–water partition coefficient (Wildman–Crippen LogP) is 6.25. The second-order valence-electron chi connectivity index (χ2n) is 9.22. The number of ether oxygens (including phenoxy) is 3. The number of aliphatic hydroxyl groups is 1. The van der Waals surface area contributed by atoms with Crippen molar-refractivity contribution < 1.29 is 42.1 Å². The Labute approximate surface area is 223 Å². The molecule has 1 N–H and O–H groups in total. The third kappa shape index (κ3) is 6.17. The van der Waals surface area contributed by atoms with Gasteiger partial charge in [0.25, 0.3) is 11.7 Å². The summed E-state index contributed by atoms with van der Waals surface area (Å²) in [6.07, 6.45) is -4.96. The number of nitrogens with zero attached hydrogens (tertiary/aromatic N) is 1. The van der Waals surface area contributed by atoms with Crippen molar-refractivity contribution in [2.24, 2.45) is 5.92 Å². The summed E-state index contributed by atoms with van der Waals surface area (Å²) >= 11 is 0. The molecule has 3 aromatic carbocycles. The van der Waals surface area contributed by atoms with E-state index in [-0.39, 0.29) is 22.7 Å². The van der Waals surface area contributed by atoms with Crippen molar-refractivity contribution in [3.05, 3.63) is 89.5 Å².